The van der Waals surface area contributed by atoms with Crippen molar-refractivity contribution < 1.29 is 14.6 Å². The quantitative estimate of drug-likeness (QED) is 0.882. The number of ether oxygens (including phenoxy) is 1. The Bertz CT molecular complexity index is 410. The van der Waals surface area contributed by atoms with Gasteiger partial charge in [-0.3, -0.25) is 4.68 Å². The van der Waals surface area contributed by atoms with Crippen LogP contribution in [0.5, 0.6) is 0 Å². The van der Waals surface area contributed by atoms with E-state index in [-0.39, 0.29) is 13.2 Å². The fourth-order valence-electron chi connectivity index (χ4n) is 1.66. The zero-order valence-electron chi connectivity index (χ0n) is 12.1. The SMILES string of the molecule is CCn1nccc1CN(CCO)C(=O)OC(C)(C)C. The number of hydrogen-bond acceptors (Lipinski definition) is 4. The van der Waals surface area contributed by atoms with Gasteiger partial charge < -0.3 is 14.7 Å². The molecule has 6 nitrogen and oxygen atoms in total. The van der Waals surface area contributed by atoms with Gasteiger partial charge in [-0.1, -0.05) is 0 Å². The standard InChI is InChI=1S/C13H23N3O3/c1-5-16-11(6-7-14-16)10-15(8-9-17)12(18)19-13(2,3)4/h6-7,17H,5,8-10H2,1-4H3. The molecule has 1 amide bonds. The van der Waals surface area contributed by atoms with Crippen molar-refractivity contribution in [3.63, 3.8) is 0 Å². The molecule has 1 aromatic rings. The summed E-state index contributed by atoms with van der Waals surface area (Å²) in [6.07, 6.45) is 1.27. The zero-order chi connectivity index (χ0) is 14.5. The van der Waals surface area contributed by atoms with Crippen molar-refractivity contribution in [3.05, 3.63) is 18.0 Å². The minimum Gasteiger partial charge on any atom is -0.444 e. The molecular weight excluding hydrogens is 246 g/mol. The number of aliphatic hydroxyl groups excluding tert-OH is 1. The highest BCUT2D eigenvalue weighted by atomic mass is 16.6. The fraction of sp³-hybridized carbons (Fsp3) is 0.692. The third kappa shape index (κ3) is 4.90. The number of rotatable bonds is 5. The molecule has 108 valence electrons. The van der Waals surface area contributed by atoms with Gasteiger partial charge in [0, 0.05) is 19.3 Å². The third-order valence-electron chi connectivity index (χ3n) is 2.48. The lowest BCUT2D eigenvalue weighted by Gasteiger charge is -2.27. The number of aryl methyl sites for hydroxylation is 1. The Kier molecular flexibility index (Phi) is 5.35. The monoisotopic (exact) mass is 269 g/mol. The Balaban J connectivity index is 2.75. The lowest BCUT2D eigenvalue weighted by molar-refractivity contribution is 0.0196. The number of aromatic nitrogens is 2. The Labute approximate surface area is 114 Å². The van der Waals surface area contributed by atoms with E-state index in [0.717, 1.165) is 12.2 Å². The first-order valence-electron chi connectivity index (χ1n) is 6.47. The summed E-state index contributed by atoms with van der Waals surface area (Å²) in [6.45, 7) is 8.70. The molecule has 6 heteroatoms. The first-order chi connectivity index (χ1) is 8.87. The van der Waals surface area contributed by atoms with E-state index in [4.69, 9.17) is 9.84 Å². The van der Waals surface area contributed by atoms with Crippen LogP contribution in [0.15, 0.2) is 12.3 Å². The van der Waals surface area contributed by atoms with E-state index >= 15 is 0 Å². The Hall–Kier alpha value is -1.56. The van der Waals surface area contributed by atoms with Crippen LogP contribution in [0.4, 0.5) is 4.79 Å². The topological polar surface area (TPSA) is 67.6 Å². The normalized spacial score (nSPS) is 11.4. The van der Waals surface area contributed by atoms with E-state index in [9.17, 15) is 4.79 Å². The molecule has 0 atom stereocenters. The van der Waals surface area contributed by atoms with E-state index in [2.05, 4.69) is 5.10 Å². The van der Waals surface area contributed by atoms with E-state index < -0.39 is 11.7 Å². The van der Waals surface area contributed by atoms with Gasteiger partial charge in [0.1, 0.15) is 5.60 Å². The van der Waals surface area contributed by atoms with Crippen molar-refractivity contribution in [1.29, 1.82) is 0 Å². The first kappa shape index (κ1) is 15.5. The molecule has 0 bridgehead atoms. The fourth-order valence-corrected chi connectivity index (χ4v) is 1.66. The maximum atomic E-state index is 12.0. The second-order valence-corrected chi connectivity index (χ2v) is 5.26. The molecule has 0 fully saturated rings. The summed E-state index contributed by atoms with van der Waals surface area (Å²) in [5.74, 6) is 0. The second kappa shape index (κ2) is 6.56. The predicted octanol–water partition coefficient (Wildman–Crippen LogP) is 1.63. The zero-order valence-corrected chi connectivity index (χ0v) is 12.1. The van der Waals surface area contributed by atoms with Crippen molar-refractivity contribution >= 4 is 6.09 Å². The first-order valence-corrected chi connectivity index (χ1v) is 6.47. The van der Waals surface area contributed by atoms with Crippen molar-refractivity contribution in [2.75, 3.05) is 13.2 Å². The van der Waals surface area contributed by atoms with Crippen LogP contribution in [0.3, 0.4) is 0 Å². The molecule has 19 heavy (non-hydrogen) atoms. The molecule has 0 unspecified atom stereocenters. The van der Waals surface area contributed by atoms with E-state index in [1.54, 1.807) is 6.20 Å². The van der Waals surface area contributed by atoms with Crippen molar-refractivity contribution in [2.24, 2.45) is 0 Å². The van der Waals surface area contributed by atoms with Crippen LogP contribution in [-0.2, 0) is 17.8 Å². The summed E-state index contributed by atoms with van der Waals surface area (Å²) in [7, 11) is 0. The smallest absolute Gasteiger partial charge is 0.410 e. The molecule has 0 aliphatic heterocycles. The largest absolute Gasteiger partial charge is 0.444 e. The van der Waals surface area contributed by atoms with Crippen molar-refractivity contribution in [2.45, 2.75) is 46.4 Å². The maximum Gasteiger partial charge on any atom is 0.410 e. The summed E-state index contributed by atoms with van der Waals surface area (Å²) < 4.78 is 7.14. The Morgan fingerprint density at radius 1 is 1.53 bits per heavy atom. The lowest BCUT2D eigenvalue weighted by Crippen LogP contribution is -2.38. The lowest BCUT2D eigenvalue weighted by atomic mass is 10.2. The van der Waals surface area contributed by atoms with Gasteiger partial charge in [-0.05, 0) is 33.8 Å². The molecule has 0 aliphatic carbocycles. The van der Waals surface area contributed by atoms with Gasteiger partial charge in [-0.25, -0.2) is 4.79 Å². The molecule has 1 N–H and O–H groups in total. The van der Waals surface area contributed by atoms with Crippen molar-refractivity contribution in [1.82, 2.24) is 14.7 Å². The average Bonchev–Trinajstić information content (AvgIpc) is 2.73. The molecule has 0 saturated carbocycles. The maximum absolute atomic E-state index is 12.0. The second-order valence-electron chi connectivity index (χ2n) is 5.26. The number of amides is 1. The van der Waals surface area contributed by atoms with E-state index in [1.807, 2.05) is 38.4 Å². The minimum atomic E-state index is -0.546. The van der Waals surface area contributed by atoms with Gasteiger partial charge in [0.2, 0.25) is 0 Å². The summed E-state index contributed by atoms with van der Waals surface area (Å²) in [4.78, 5) is 13.5. The van der Waals surface area contributed by atoms with Crippen LogP contribution in [-0.4, -0.2) is 44.6 Å². The average molecular weight is 269 g/mol. The van der Waals surface area contributed by atoms with Crippen LogP contribution in [0.25, 0.3) is 0 Å². The van der Waals surface area contributed by atoms with Gasteiger partial charge in [-0.15, -0.1) is 0 Å². The van der Waals surface area contributed by atoms with Gasteiger partial charge in [0.15, 0.2) is 0 Å². The molecule has 0 aliphatic rings. The summed E-state index contributed by atoms with van der Waals surface area (Å²) in [5, 5.41) is 13.2. The third-order valence-corrected chi connectivity index (χ3v) is 2.48. The Morgan fingerprint density at radius 2 is 2.21 bits per heavy atom. The molecule has 1 rings (SSSR count). The van der Waals surface area contributed by atoms with Crippen LogP contribution >= 0.6 is 0 Å². The van der Waals surface area contributed by atoms with Gasteiger partial charge in [0.05, 0.1) is 18.8 Å². The summed E-state index contributed by atoms with van der Waals surface area (Å²) in [5.41, 5.74) is 0.372. The van der Waals surface area contributed by atoms with E-state index in [1.165, 1.54) is 4.90 Å². The highest BCUT2D eigenvalue weighted by Crippen LogP contribution is 2.12. The van der Waals surface area contributed by atoms with Gasteiger partial charge in [0.25, 0.3) is 0 Å². The molecule has 1 aromatic heterocycles. The predicted molar refractivity (Wildman–Crippen MR) is 71.6 cm³/mol. The van der Waals surface area contributed by atoms with Crippen LogP contribution in [0.1, 0.15) is 33.4 Å². The van der Waals surface area contributed by atoms with Crippen molar-refractivity contribution in [3.8, 4) is 0 Å². The van der Waals surface area contributed by atoms with Gasteiger partial charge >= 0.3 is 6.09 Å². The highest BCUT2D eigenvalue weighted by Gasteiger charge is 2.22. The molecule has 0 radical (unpaired) electrons. The van der Waals surface area contributed by atoms with Crippen LogP contribution in [0.2, 0.25) is 0 Å². The summed E-state index contributed by atoms with van der Waals surface area (Å²) >= 11 is 0. The molecule has 0 aromatic carbocycles. The molecule has 0 saturated heterocycles. The number of nitrogens with zero attached hydrogens (tertiary/aromatic N) is 3. The minimum absolute atomic E-state index is 0.0977. The van der Waals surface area contributed by atoms with Crippen LogP contribution in [0, 0.1) is 0 Å². The molecule has 1 heterocycles. The van der Waals surface area contributed by atoms with E-state index in [0.29, 0.717) is 6.54 Å². The molecular formula is C13H23N3O3. The number of hydrogen-bond donors (Lipinski definition) is 1. The Morgan fingerprint density at radius 3 is 2.74 bits per heavy atom. The molecule has 0 spiro atoms. The number of carbonyl (C=O) groups is 1. The van der Waals surface area contributed by atoms with Crippen LogP contribution < -0.4 is 0 Å². The number of aliphatic hydroxyl groups is 1. The summed E-state index contributed by atoms with van der Waals surface area (Å²) in [6, 6.07) is 1.86. The number of carbonyl (C=O) groups excluding carboxylic acids is 1. The highest BCUT2D eigenvalue weighted by molar-refractivity contribution is 5.68. The van der Waals surface area contributed by atoms with Gasteiger partial charge in [-0.2, -0.15) is 5.10 Å².